The highest BCUT2D eigenvalue weighted by Gasteiger charge is 2.59. The lowest BCUT2D eigenvalue weighted by molar-refractivity contribution is -0.158. The van der Waals surface area contributed by atoms with Gasteiger partial charge in [-0.2, -0.15) is 13.2 Å². The smallest absolute Gasteiger partial charge is 0.417 e. The Labute approximate surface area is 190 Å². The molecule has 7 nitrogen and oxygen atoms in total. The number of aliphatic hydroxyl groups is 1. The van der Waals surface area contributed by atoms with E-state index in [1.54, 1.807) is 20.8 Å². The Morgan fingerprint density at radius 1 is 1.27 bits per heavy atom. The summed E-state index contributed by atoms with van der Waals surface area (Å²) in [5, 5.41) is 10.1. The zero-order chi connectivity index (χ0) is 24.2. The number of halogens is 3. The van der Waals surface area contributed by atoms with Crippen molar-refractivity contribution in [1.82, 2.24) is 14.8 Å². The first-order valence-electron chi connectivity index (χ1n) is 11.3. The van der Waals surface area contributed by atoms with Crippen molar-refractivity contribution in [2.45, 2.75) is 64.0 Å². The lowest BCUT2D eigenvalue weighted by atomic mass is 9.74. The van der Waals surface area contributed by atoms with Gasteiger partial charge < -0.3 is 19.6 Å². The van der Waals surface area contributed by atoms with Crippen LogP contribution in [-0.2, 0) is 33.5 Å². The number of fused-ring (bicyclic) bond motifs is 1. The molecule has 0 radical (unpaired) electrons. The molecule has 0 bridgehead atoms. The lowest BCUT2D eigenvalue weighted by Crippen LogP contribution is -2.55. The average Bonchev–Trinajstić information content (AvgIpc) is 2.96. The molecule has 1 N–H and O–H groups in total. The quantitative estimate of drug-likeness (QED) is 0.685. The zero-order valence-corrected chi connectivity index (χ0v) is 19.1. The van der Waals surface area contributed by atoms with E-state index in [2.05, 4.69) is 9.88 Å². The van der Waals surface area contributed by atoms with Crippen LogP contribution in [0.15, 0.2) is 12.3 Å². The molecule has 182 valence electrons. The Bertz CT molecular complexity index is 936. The molecule has 2 atom stereocenters. The number of likely N-dealkylation sites (tertiary alicyclic amines) is 1. The van der Waals surface area contributed by atoms with E-state index in [-0.39, 0.29) is 12.5 Å². The SMILES string of the molecule is CC1C(=O)OC2(CCN(CC(C)(C)O)CC2)C1C(=O)N1CCc2ncc(C(F)(F)F)cc2C1. The van der Waals surface area contributed by atoms with Gasteiger partial charge in [0, 0.05) is 63.9 Å². The van der Waals surface area contributed by atoms with Crippen molar-refractivity contribution in [3.63, 3.8) is 0 Å². The fourth-order valence-corrected chi connectivity index (χ4v) is 5.40. The molecular formula is C23H30F3N3O4. The molecule has 1 spiro atoms. The molecule has 4 heterocycles. The van der Waals surface area contributed by atoms with Crippen molar-refractivity contribution in [3.05, 3.63) is 29.1 Å². The summed E-state index contributed by atoms with van der Waals surface area (Å²) in [6, 6.07) is 1.06. The third kappa shape index (κ3) is 4.73. The molecule has 2 unspecified atom stereocenters. The van der Waals surface area contributed by atoms with Gasteiger partial charge in [0.2, 0.25) is 5.91 Å². The summed E-state index contributed by atoms with van der Waals surface area (Å²) in [5.41, 5.74) is -1.66. The molecule has 3 aliphatic rings. The molecule has 0 aliphatic carbocycles. The Hall–Kier alpha value is -2.20. The highest BCUT2D eigenvalue weighted by atomic mass is 19.4. The predicted octanol–water partition coefficient (Wildman–Crippen LogP) is 2.40. The van der Waals surface area contributed by atoms with Crippen LogP contribution in [0.2, 0.25) is 0 Å². The molecule has 33 heavy (non-hydrogen) atoms. The standard InChI is InChI=1S/C23H30F3N3O4/c1-14-18(22(33-20(14)31)5-8-28(9-6-22)13-21(2,3)32)19(30)29-7-4-17-15(12-29)10-16(11-27-17)23(24,25)26/h10-11,14,18,32H,4-9,12-13H2,1-3H3. The van der Waals surface area contributed by atoms with Gasteiger partial charge in [0.1, 0.15) is 5.60 Å². The third-order valence-corrected chi connectivity index (χ3v) is 7.00. The highest BCUT2D eigenvalue weighted by Crippen LogP contribution is 2.46. The molecule has 1 aromatic rings. The van der Waals surface area contributed by atoms with Crippen LogP contribution < -0.4 is 0 Å². The van der Waals surface area contributed by atoms with E-state index in [1.165, 1.54) is 4.90 Å². The van der Waals surface area contributed by atoms with Crippen LogP contribution in [0.3, 0.4) is 0 Å². The van der Waals surface area contributed by atoms with Gasteiger partial charge in [-0.15, -0.1) is 0 Å². The first-order chi connectivity index (χ1) is 15.3. The monoisotopic (exact) mass is 469 g/mol. The normalized spacial score (nSPS) is 25.8. The van der Waals surface area contributed by atoms with E-state index in [0.29, 0.717) is 56.7 Å². The molecule has 10 heteroatoms. The largest absolute Gasteiger partial charge is 0.458 e. The topological polar surface area (TPSA) is 83.0 Å². The van der Waals surface area contributed by atoms with E-state index >= 15 is 0 Å². The van der Waals surface area contributed by atoms with E-state index in [1.807, 2.05) is 0 Å². The van der Waals surface area contributed by atoms with Gasteiger partial charge in [-0.05, 0) is 25.5 Å². The van der Waals surface area contributed by atoms with Crippen LogP contribution in [0, 0.1) is 11.8 Å². The third-order valence-electron chi connectivity index (χ3n) is 7.00. The van der Waals surface area contributed by atoms with Gasteiger partial charge in [0.15, 0.2) is 0 Å². The first-order valence-corrected chi connectivity index (χ1v) is 11.3. The summed E-state index contributed by atoms with van der Waals surface area (Å²) in [5.74, 6) is -1.98. The van der Waals surface area contributed by atoms with Gasteiger partial charge in [-0.3, -0.25) is 14.6 Å². The minimum absolute atomic E-state index is 0.0312. The highest BCUT2D eigenvalue weighted by molar-refractivity contribution is 5.89. The van der Waals surface area contributed by atoms with Crippen molar-refractivity contribution >= 4 is 11.9 Å². The Morgan fingerprint density at radius 3 is 2.55 bits per heavy atom. The number of aromatic nitrogens is 1. The summed E-state index contributed by atoms with van der Waals surface area (Å²) in [4.78, 5) is 33.7. The van der Waals surface area contributed by atoms with Gasteiger partial charge >= 0.3 is 12.1 Å². The summed E-state index contributed by atoms with van der Waals surface area (Å²) in [7, 11) is 0. The van der Waals surface area contributed by atoms with E-state index in [4.69, 9.17) is 4.74 Å². The number of alkyl halides is 3. The summed E-state index contributed by atoms with van der Waals surface area (Å²) < 4.78 is 45.2. The van der Waals surface area contributed by atoms with Crippen molar-refractivity contribution < 1.29 is 32.6 Å². The number of esters is 1. The lowest BCUT2D eigenvalue weighted by Gasteiger charge is -2.43. The second kappa shape index (κ2) is 8.23. The van der Waals surface area contributed by atoms with Crippen LogP contribution in [0.1, 0.15) is 50.4 Å². The molecule has 0 aromatic carbocycles. The molecule has 3 aliphatic heterocycles. The van der Waals surface area contributed by atoms with Crippen molar-refractivity contribution in [1.29, 1.82) is 0 Å². The number of hydrogen-bond donors (Lipinski definition) is 1. The number of ether oxygens (including phenoxy) is 1. The number of piperidine rings is 1. The van der Waals surface area contributed by atoms with E-state index < -0.39 is 40.7 Å². The minimum atomic E-state index is -4.50. The maximum Gasteiger partial charge on any atom is 0.417 e. The second-order valence-electron chi connectivity index (χ2n) is 10.2. The van der Waals surface area contributed by atoms with Crippen molar-refractivity contribution in [2.75, 3.05) is 26.2 Å². The number of carbonyl (C=O) groups excluding carboxylic acids is 2. The fraction of sp³-hybridized carbons (Fsp3) is 0.696. The molecular weight excluding hydrogens is 439 g/mol. The molecule has 4 rings (SSSR count). The minimum Gasteiger partial charge on any atom is -0.458 e. The maximum absolute atomic E-state index is 13.6. The van der Waals surface area contributed by atoms with Crippen LogP contribution >= 0.6 is 0 Å². The van der Waals surface area contributed by atoms with Crippen molar-refractivity contribution in [3.8, 4) is 0 Å². The molecule has 2 saturated heterocycles. The predicted molar refractivity (Wildman–Crippen MR) is 112 cm³/mol. The Kier molecular flexibility index (Phi) is 5.97. The summed E-state index contributed by atoms with van der Waals surface area (Å²) in [6.45, 7) is 7.15. The van der Waals surface area contributed by atoms with Crippen LogP contribution in [0.25, 0.3) is 0 Å². The number of pyridine rings is 1. The summed E-state index contributed by atoms with van der Waals surface area (Å²) >= 11 is 0. The fourth-order valence-electron chi connectivity index (χ4n) is 5.40. The van der Waals surface area contributed by atoms with Crippen molar-refractivity contribution in [2.24, 2.45) is 11.8 Å². The van der Waals surface area contributed by atoms with E-state index in [9.17, 15) is 27.9 Å². The molecule has 1 aromatic heterocycles. The number of carbonyl (C=O) groups is 2. The Morgan fingerprint density at radius 2 is 1.94 bits per heavy atom. The second-order valence-corrected chi connectivity index (χ2v) is 10.2. The van der Waals surface area contributed by atoms with Gasteiger partial charge in [0.25, 0.3) is 0 Å². The zero-order valence-electron chi connectivity index (χ0n) is 19.1. The molecule has 2 fully saturated rings. The summed E-state index contributed by atoms with van der Waals surface area (Å²) in [6.07, 6.45) is -2.37. The average molecular weight is 470 g/mol. The number of nitrogens with zero attached hydrogens (tertiary/aromatic N) is 3. The number of hydrogen-bond acceptors (Lipinski definition) is 6. The maximum atomic E-state index is 13.6. The number of rotatable bonds is 3. The molecule has 0 saturated carbocycles. The van der Waals surface area contributed by atoms with E-state index in [0.717, 1.165) is 12.3 Å². The van der Waals surface area contributed by atoms with Gasteiger partial charge in [-0.25, -0.2) is 0 Å². The number of β-amino-alcohol motifs (C(OH)–C–C–N with tert-alkyl or cyclic N) is 1. The first kappa shape index (κ1) is 23.9. The van der Waals surface area contributed by atoms with Gasteiger partial charge in [-0.1, -0.05) is 6.92 Å². The molecule has 1 amide bonds. The number of amides is 1. The Balaban J connectivity index is 1.53. The van der Waals surface area contributed by atoms with Crippen LogP contribution in [0.5, 0.6) is 0 Å². The van der Waals surface area contributed by atoms with Crippen LogP contribution in [-0.4, -0.2) is 69.1 Å². The van der Waals surface area contributed by atoms with Crippen LogP contribution in [0.4, 0.5) is 13.2 Å². The van der Waals surface area contributed by atoms with Gasteiger partial charge in [0.05, 0.1) is 23.0 Å².